The first-order valence-corrected chi connectivity index (χ1v) is 10.0. The van der Waals surface area contributed by atoms with Gasteiger partial charge in [0, 0.05) is 28.9 Å². The Balaban J connectivity index is 1.77. The Morgan fingerprint density at radius 3 is 2.75 bits per heavy atom. The second kappa shape index (κ2) is 7.58. The summed E-state index contributed by atoms with van der Waals surface area (Å²) in [6, 6.07) is 5.39. The zero-order valence-electron chi connectivity index (χ0n) is 16.2. The summed E-state index contributed by atoms with van der Waals surface area (Å²) >= 11 is 3.40. The van der Waals surface area contributed by atoms with E-state index in [0.29, 0.717) is 24.3 Å². The van der Waals surface area contributed by atoms with E-state index >= 15 is 0 Å². The van der Waals surface area contributed by atoms with Crippen molar-refractivity contribution in [2.75, 3.05) is 17.6 Å². The molecule has 0 bridgehead atoms. The number of anilines is 2. The molecule has 1 fully saturated rings. The fraction of sp³-hybridized carbons (Fsp3) is 0.450. The van der Waals surface area contributed by atoms with Crippen LogP contribution in [-0.4, -0.2) is 39.6 Å². The number of carboxylic acid groups (broad SMARTS) is 1. The first kappa shape index (κ1) is 20.4. The third kappa shape index (κ3) is 4.06. The monoisotopic (exact) mass is 448 g/mol. The summed E-state index contributed by atoms with van der Waals surface area (Å²) in [6.45, 7) is 6.47. The predicted molar refractivity (Wildman–Crippen MR) is 113 cm³/mol. The number of nitrogens with zero attached hydrogens (tertiary/aromatic N) is 2. The highest BCUT2D eigenvalue weighted by Crippen LogP contribution is 2.39. The van der Waals surface area contributed by atoms with Crippen molar-refractivity contribution in [2.24, 2.45) is 11.3 Å². The van der Waals surface area contributed by atoms with E-state index < -0.39 is 6.09 Å². The van der Waals surface area contributed by atoms with Gasteiger partial charge in [-0.15, -0.1) is 0 Å². The lowest BCUT2D eigenvalue weighted by molar-refractivity contribution is -0.117. The maximum atomic E-state index is 12.7. The molecule has 1 aliphatic heterocycles. The van der Waals surface area contributed by atoms with Gasteiger partial charge in [0.1, 0.15) is 0 Å². The minimum absolute atomic E-state index is 0.0401. The Hall–Kier alpha value is -2.35. The summed E-state index contributed by atoms with van der Waals surface area (Å²) in [5, 5.41) is 13.1. The molecule has 28 heavy (non-hydrogen) atoms. The lowest BCUT2D eigenvalue weighted by atomic mass is 9.78. The summed E-state index contributed by atoms with van der Waals surface area (Å²) in [7, 11) is 0. The lowest BCUT2D eigenvalue weighted by Gasteiger charge is -2.37. The van der Waals surface area contributed by atoms with Gasteiger partial charge >= 0.3 is 6.09 Å². The number of fused-ring (bicyclic) bond motifs is 1. The molecule has 0 radical (unpaired) electrons. The van der Waals surface area contributed by atoms with E-state index in [1.54, 1.807) is 6.20 Å². The van der Waals surface area contributed by atoms with E-state index in [-0.39, 0.29) is 29.7 Å². The number of rotatable bonds is 3. The minimum Gasteiger partial charge on any atom is -0.465 e. The summed E-state index contributed by atoms with van der Waals surface area (Å²) in [4.78, 5) is 30.1. The highest BCUT2D eigenvalue weighted by Gasteiger charge is 2.44. The molecule has 1 saturated heterocycles. The molecule has 0 aliphatic carbocycles. The van der Waals surface area contributed by atoms with Crippen LogP contribution in [0.2, 0.25) is 0 Å². The Bertz CT molecular complexity index is 926. The van der Waals surface area contributed by atoms with Crippen LogP contribution in [0, 0.1) is 11.3 Å². The number of pyridine rings is 1. The number of nitrogen functional groups attached to an aromatic ring is 1. The number of amides is 2. The van der Waals surface area contributed by atoms with Crippen LogP contribution >= 0.6 is 15.9 Å². The smallest absolute Gasteiger partial charge is 0.407 e. The average molecular weight is 449 g/mol. The van der Waals surface area contributed by atoms with Crippen LogP contribution in [0.4, 0.5) is 16.2 Å². The standard InChI is InChI=1S/C20H25BrN4O3/c1-20(2,3)18-11(6-7-25(18)19(27)28)8-16(26)24-15-10-23-14-9-12(21)4-5-13(14)17(15)22/h4-5,9-11,18H,6-8H2,1-3H3,(H2,22,23)(H,24,26)(H,27,28). The van der Waals surface area contributed by atoms with Crippen LogP contribution in [0.3, 0.4) is 0 Å². The van der Waals surface area contributed by atoms with Gasteiger partial charge in [0.15, 0.2) is 0 Å². The summed E-state index contributed by atoms with van der Waals surface area (Å²) in [5.74, 6) is -0.224. The molecule has 0 saturated carbocycles. The molecular formula is C20H25BrN4O3. The number of carbonyl (C=O) groups excluding carboxylic acids is 1. The molecule has 2 heterocycles. The van der Waals surface area contributed by atoms with Crippen molar-refractivity contribution in [3.63, 3.8) is 0 Å². The van der Waals surface area contributed by atoms with E-state index in [2.05, 4.69) is 26.2 Å². The Morgan fingerprint density at radius 1 is 1.39 bits per heavy atom. The number of nitrogens with two attached hydrogens (primary N) is 1. The van der Waals surface area contributed by atoms with Crippen LogP contribution in [-0.2, 0) is 4.79 Å². The van der Waals surface area contributed by atoms with E-state index in [1.807, 2.05) is 39.0 Å². The molecule has 2 aromatic rings. The Kier molecular flexibility index (Phi) is 5.52. The van der Waals surface area contributed by atoms with Gasteiger partial charge in [-0.3, -0.25) is 9.78 Å². The number of carbonyl (C=O) groups is 2. The van der Waals surface area contributed by atoms with Gasteiger partial charge in [-0.25, -0.2) is 4.79 Å². The maximum absolute atomic E-state index is 12.7. The molecule has 1 aromatic carbocycles. The van der Waals surface area contributed by atoms with Crippen molar-refractivity contribution in [1.29, 1.82) is 0 Å². The van der Waals surface area contributed by atoms with Gasteiger partial charge in [-0.1, -0.05) is 36.7 Å². The topological polar surface area (TPSA) is 109 Å². The average Bonchev–Trinajstić information content (AvgIpc) is 3.01. The second-order valence-corrected chi connectivity index (χ2v) is 9.25. The van der Waals surface area contributed by atoms with Gasteiger partial charge in [0.2, 0.25) is 5.91 Å². The first-order valence-electron chi connectivity index (χ1n) is 9.21. The van der Waals surface area contributed by atoms with Crippen molar-refractivity contribution in [2.45, 2.75) is 39.7 Å². The van der Waals surface area contributed by atoms with Gasteiger partial charge < -0.3 is 21.1 Å². The fourth-order valence-electron chi connectivity index (χ4n) is 4.19. The third-order valence-electron chi connectivity index (χ3n) is 5.25. The number of aromatic nitrogens is 1. The second-order valence-electron chi connectivity index (χ2n) is 8.33. The molecule has 7 nitrogen and oxygen atoms in total. The molecule has 2 unspecified atom stereocenters. The van der Waals surface area contributed by atoms with Crippen molar-refractivity contribution in [3.05, 3.63) is 28.9 Å². The maximum Gasteiger partial charge on any atom is 0.407 e. The number of hydrogen-bond acceptors (Lipinski definition) is 4. The van der Waals surface area contributed by atoms with Crippen molar-refractivity contribution >= 4 is 50.2 Å². The first-order chi connectivity index (χ1) is 13.1. The molecule has 2 atom stereocenters. The van der Waals surface area contributed by atoms with Crippen LogP contribution in [0.25, 0.3) is 10.9 Å². The zero-order valence-corrected chi connectivity index (χ0v) is 17.8. The highest BCUT2D eigenvalue weighted by molar-refractivity contribution is 9.10. The van der Waals surface area contributed by atoms with Gasteiger partial charge in [0.25, 0.3) is 0 Å². The van der Waals surface area contributed by atoms with E-state index in [9.17, 15) is 14.7 Å². The Morgan fingerprint density at radius 2 is 2.11 bits per heavy atom. The highest BCUT2D eigenvalue weighted by atomic mass is 79.9. The van der Waals surface area contributed by atoms with Crippen molar-refractivity contribution in [1.82, 2.24) is 9.88 Å². The molecule has 8 heteroatoms. The molecule has 2 amide bonds. The summed E-state index contributed by atoms with van der Waals surface area (Å²) in [5.41, 5.74) is 7.66. The lowest BCUT2D eigenvalue weighted by Crippen LogP contribution is -2.46. The van der Waals surface area contributed by atoms with Gasteiger partial charge in [0.05, 0.1) is 23.1 Å². The molecule has 1 aliphatic rings. The van der Waals surface area contributed by atoms with E-state index in [1.165, 1.54) is 4.90 Å². The predicted octanol–water partition coefficient (Wildman–Crippen LogP) is 4.32. The number of likely N-dealkylation sites (tertiary alicyclic amines) is 1. The molecule has 3 rings (SSSR count). The van der Waals surface area contributed by atoms with Crippen molar-refractivity contribution < 1.29 is 14.7 Å². The van der Waals surface area contributed by atoms with Crippen LogP contribution in [0.1, 0.15) is 33.6 Å². The molecule has 1 aromatic heterocycles. The number of benzene rings is 1. The zero-order chi connectivity index (χ0) is 20.6. The normalized spacial score (nSPS) is 19.8. The number of halogens is 1. The molecular weight excluding hydrogens is 424 g/mol. The van der Waals surface area contributed by atoms with Crippen LogP contribution in [0.15, 0.2) is 28.9 Å². The fourth-order valence-corrected chi connectivity index (χ4v) is 4.54. The van der Waals surface area contributed by atoms with E-state index in [4.69, 9.17) is 5.73 Å². The molecule has 0 spiro atoms. The van der Waals surface area contributed by atoms with Crippen LogP contribution < -0.4 is 11.1 Å². The van der Waals surface area contributed by atoms with Crippen molar-refractivity contribution in [3.8, 4) is 0 Å². The van der Waals surface area contributed by atoms with Gasteiger partial charge in [-0.05, 0) is 36.0 Å². The van der Waals surface area contributed by atoms with Crippen LogP contribution in [0.5, 0.6) is 0 Å². The largest absolute Gasteiger partial charge is 0.465 e. The quantitative estimate of drug-likeness (QED) is 0.647. The molecule has 4 N–H and O–H groups in total. The Labute approximate surface area is 172 Å². The third-order valence-corrected chi connectivity index (χ3v) is 5.74. The molecule has 150 valence electrons. The SMILES string of the molecule is CC(C)(C)C1C(CC(=O)Nc2cnc3cc(Br)ccc3c2N)CCN1C(=O)O. The number of nitrogens with one attached hydrogen (secondary N) is 1. The summed E-state index contributed by atoms with van der Waals surface area (Å²) in [6.07, 6.45) is 1.53. The number of hydrogen-bond donors (Lipinski definition) is 3. The summed E-state index contributed by atoms with van der Waals surface area (Å²) < 4.78 is 0.904. The van der Waals surface area contributed by atoms with E-state index in [0.717, 1.165) is 15.4 Å². The van der Waals surface area contributed by atoms with Gasteiger partial charge in [-0.2, -0.15) is 0 Å². The minimum atomic E-state index is -0.933.